The lowest BCUT2D eigenvalue weighted by atomic mass is 9.83. The number of H-pyrrole nitrogens is 1. The molecule has 0 radical (unpaired) electrons. The molecule has 1 fully saturated rings. The largest absolute Gasteiger partial charge is 0.329 e. The summed E-state index contributed by atoms with van der Waals surface area (Å²) in [5.74, 6) is 1.66. The highest BCUT2D eigenvalue weighted by Gasteiger charge is 2.19. The second-order valence-electron chi connectivity index (χ2n) is 5.54. The Morgan fingerprint density at radius 3 is 2.94 bits per heavy atom. The van der Waals surface area contributed by atoms with E-state index in [0.717, 1.165) is 34.3 Å². The molecule has 1 saturated carbocycles. The summed E-state index contributed by atoms with van der Waals surface area (Å²) in [6, 6.07) is 3.98. The average molecular weight is 261 g/mol. The molecule has 1 aliphatic carbocycles. The van der Waals surface area contributed by atoms with Crippen molar-refractivity contribution < 1.29 is 0 Å². The third kappa shape index (κ3) is 2.21. The summed E-state index contributed by atoms with van der Waals surface area (Å²) < 4.78 is 2.98. The van der Waals surface area contributed by atoms with E-state index in [4.69, 9.17) is 12.2 Å². The van der Waals surface area contributed by atoms with E-state index in [2.05, 4.69) is 21.5 Å². The van der Waals surface area contributed by atoms with Crippen molar-refractivity contribution in [1.29, 1.82) is 0 Å². The second-order valence-corrected chi connectivity index (χ2v) is 5.93. The first-order valence-corrected chi connectivity index (χ1v) is 7.18. The van der Waals surface area contributed by atoms with Crippen LogP contribution in [0.1, 0.15) is 32.6 Å². The van der Waals surface area contributed by atoms with Crippen molar-refractivity contribution in [2.24, 2.45) is 11.8 Å². The van der Waals surface area contributed by atoms with Gasteiger partial charge in [-0.05, 0) is 49.0 Å². The van der Waals surface area contributed by atoms with Gasteiger partial charge >= 0.3 is 0 Å². The summed E-state index contributed by atoms with van der Waals surface area (Å²) >= 11 is 5.41. The number of aromatic amines is 1. The quantitative estimate of drug-likeness (QED) is 0.831. The monoisotopic (exact) mass is 261 g/mol. The smallest absolute Gasteiger partial charge is 0.179 e. The van der Waals surface area contributed by atoms with Gasteiger partial charge in [-0.1, -0.05) is 19.8 Å². The molecule has 2 aromatic rings. The lowest BCUT2D eigenvalue weighted by molar-refractivity contribution is 0.265. The van der Waals surface area contributed by atoms with E-state index in [1.165, 1.54) is 25.7 Å². The fourth-order valence-electron chi connectivity index (χ4n) is 2.93. The molecule has 0 bridgehead atoms. The van der Waals surface area contributed by atoms with Crippen LogP contribution in [-0.4, -0.2) is 14.5 Å². The minimum absolute atomic E-state index is 0.758. The fourth-order valence-corrected chi connectivity index (χ4v) is 3.20. The van der Waals surface area contributed by atoms with Gasteiger partial charge in [0.15, 0.2) is 10.4 Å². The van der Waals surface area contributed by atoms with E-state index in [-0.39, 0.29) is 0 Å². The number of pyridine rings is 1. The number of hydrogen-bond acceptors (Lipinski definition) is 2. The summed E-state index contributed by atoms with van der Waals surface area (Å²) in [7, 11) is 0. The third-order valence-corrected chi connectivity index (χ3v) is 4.43. The average Bonchev–Trinajstić information content (AvgIpc) is 2.69. The van der Waals surface area contributed by atoms with E-state index in [0.29, 0.717) is 0 Å². The van der Waals surface area contributed by atoms with Gasteiger partial charge in [0.05, 0.1) is 5.52 Å². The van der Waals surface area contributed by atoms with Gasteiger partial charge in [0.1, 0.15) is 0 Å². The van der Waals surface area contributed by atoms with Gasteiger partial charge in [-0.3, -0.25) is 0 Å². The van der Waals surface area contributed by atoms with Gasteiger partial charge in [-0.2, -0.15) is 0 Å². The van der Waals surface area contributed by atoms with Crippen LogP contribution in [-0.2, 0) is 6.54 Å². The zero-order valence-corrected chi connectivity index (χ0v) is 11.5. The molecule has 0 aliphatic heterocycles. The molecule has 0 unspecified atom stereocenters. The molecule has 1 aliphatic rings. The van der Waals surface area contributed by atoms with Crippen molar-refractivity contribution >= 4 is 23.4 Å². The van der Waals surface area contributed by atoms with E-state index in [9.17, 15) is 0 Å². The lowest BCUT2D eigenvalue weighted by Gasteiger charge is -2.26. The van der Waals surface area contributed by atoms with E-state index >= 15 is 0 Å². The molecule has 3 rings (SSSR count). The molecule has 0 spiro atoms. The molecule has 0 amide bonds. The molecule has 0 saturated heterocycles. The third-order valence-electron chi connectivity index (χ3n) is 4.11. The highest BCUT2D eigenvalue weighted by Crippen LogP contribution is 2.30. The minimum atomic E-state index is 0.758. The Bertz CT molecular complexity index is 590. The van der Waals surface area contributed by atoms with Crippen molar-refractivity contribution in [2.45, 2.75) is 39.2 Å². The first kappa shape index (κ1) is 11.9. The fraction of sp³-hybridized carbons (Fsp3) is 0.571. The predicted octanol–water partition coefficient (Wildman–Crippen LogP) is 3.92. The van der Waals surface area contributed by atoms with E-state index in [1.807, 2.05) is 18.3 Å². The Hall–Kier alpha value is -1.16. The molecule has 3 nitrogen and oxygen atoms in total. The van der Waals surface area contributed by atoms with Crippen LogP contribution in [0.25, 0.3) is 11.2 Å². The van der Waals surface area contributed by atoms with Gasteiger partial charge in [-0.15, -0.1) is 0 Å². The predicted molar refractivity (Wildman–Crippen MR) is 76.0 cm³/mol. The van der Waals surface area contributed by atoms with Crippen LogP contribution in [0.15, 0.2) is 18.3 Å². The highest BCUT2D eigenvalue weighted by atomic mass is 32.1. The number of imidazole rings is 1. The number of fused-ring (bicyclic) bond motifs is 1. The first-order valence-electron chi connectivity index (χ1n) is 6.77. The lowest BCUT2D eigenvalue weighted by Crippen LogP contribution is -2.17. The van der Waals surface area contributed by atoms with Gasteiger partial charge in [0.25, 0.3) is 0 Å². The van der Waals surface area contributed by atoms with Gasteiger partial charge in [0, 0.05) is 12.7 Å². The van der Waals surface area contributed by atoms with Gasteiger partial charge < -0.3 is 9.55 Å². The van der Waals surface area contributed by atoms with Gasteiger partial charge in [0.2, 0.25) is 0 Å². The second kappa shape index (κ2) is 4.84. The minimum Gasteiger partial charge on any atom is -0.329 e. The highest BCUT2D eigenvalue weighted by molar-refractivity contribution is 7.71. The van der Waals surface area contributed by atoms with E-state index < -0.39 is 0 Å². The molecule has 0 aromatic carbocycles. The zero-order chi connectivity index (χ0) is 12.5. The Balaban J connectivity index is 1.86. The molecular weight excluding hydrogens is 242 g/mol. The molecular formula is C14H19N3S. The normalized spacial score (nSPS) is 24.5. The van der Waals surface area contributed by atoms with Crippen LogP contribution in [0.3, 0.4) is 0 Å². The SMILES string of the molecule is CC1CCC(Cn2c(=S)[nH]c3cccnc32)CC1. The number of hydrogen-bond donors (Lipinski definition) is 1. The maximum atomic E-state index is 5.41. The van der Waals surface area contributed by atoms with Gasteiger partial charge in [-0.25, -0.2) is 4.98 Å². The summed E-state index contributed by atoms with van der Waals surface area (Å²) in [6.07, 6.45) is 7.19. The number of nitrogens with one attached hydrogen (secondary N) is 1. The summed E-state index contributed by atoms with van der Waals surface area (Å²) in [5, 5.41) is 0. The Kier molecular flexibility index (Phi) is 3.20. The molecule has 2 aromatic heterocycles. The summed E-state index contributed by atoms with van der Waals surface area (Å²) in [4.78, 5) is 7.69. The number of rotatable bonds is 2. The first-order chi connectivity index (χ1) is 8.74. The number of nitrogens with zero attached hydrogens (tertiary/aromatic N) is 2. The van der Waals surface area contributed by atoms with Crippen LogP contribution < -0.4 is 0 Å². The summed E-state index contributed by atoms with van der Waals surface area (Å²) in [6.45, 7) is 3.37. The van der Waals surface area contributed by atoms with Crippen LogP contribution in [0.2, 0.25) is 0 Å². The van der Waals surface area contributed by atoms with E-state index in [1.54, 1.807) is 0 Å². The van der Waals surface area contributed by atoms with Crippen molar-refractivity contribution in [3.05, 3.63) is 23.1 Å². The number of aromatic nitrogens is 3. The van der Waals surface area contributed by atoms with Crippen LogP contribution in [0.5, 0.6) is 0 Å². The van der Waals surface area contributed by atoms with Crippen molar-refractivity contribution in [1.82, 2.24) is 14.5 Å². The van der Waals surface area contributed by atoms with Crippen molar-refractivity contribution in [3.63, 3.8) is 0 Å². The van der Waals surface area contributed by atoms with Crippen LogP contribution in [0.4, 0.5) is 0 Å². The Morgan fingerprint density at radius 1 is 1.39 bits per heavy atom. The maximum Gasteiger partial charge on any atom is 0.179 e. The molecule has 2 heterocycles. The standard InChI is InChI=1S/C14H19N3S/c1-10-4-6-11(7-5-10)9-17-13-12(16-14(17)18)3-2-8-15-13/h2-3,8,10-11H,4-7,9H2,1H3,(H,16,18). The van der Waals surface area contributed by atoms with Crippen LogP contribution in [0, 0.1) is 16.6 Å². The van der Waals surface area contributed by atoms with Crippen molar-refractivity contribution in [3.8, 4) is 0 Å². The van der Waals surface area contributed by atoms with Crippen molar-refractivity contribution in [2.75, 3.05) is 0 Å². The molecule has 18 heavy (non-hydrogen) atoms. The Labute approximate surface area is 112 Å². The molecule has 96 valence electrons. The maximum absolute atomic E-state index is 5.41. The topological polar surface area (TPSA) is 33.6 Å². The molecule has 1 N–H and O–H groups in total. The molecule has 0 atom stereocenters. The summed E-state index contributed by atoms with van der Waals surface area (Å²) in [5.41, 5.74) is 2.05. The van der Waals surface area contributed by atoms with Crippen LogP contribution >= 0.6 is 12.2 Å². The Morgan fingerprint density at radius 2 is 2.17 bits per heavy atom. The molecule has 4 heteroatoms. The zero-order valence-electron chi connectivity index (χ0n) is 10.7.